The fraction of sp³-hybridized carbons (Fsp3) is 0.200. The Kier molecular flexibility index (Phi) is 4.28. The quantitative estimate of drug-likeness (QED) is 0.653. The van der Waals surface area contributed by atoms with E-state index in [4.69, 9.17) is 4.52 Å². The average Bonchev–Trinajstić information content (AvgIpc) is 3.34. The Balaban J connectivity index is 1.55. The van der Waals surface area contributed by atoms with Crippen LogP contribution in [0.3, 0.4) is 0 Å². The number of amides is 1. The molecule has 0 spiro atoms. The van der Waals surface area contributed by atoms with Crippen LogP contribution in [0.25, 0.3) is 11.3 Å². The Morgan fingerprint density at radius 2 is 1.92 bits per heavy atom. The number of hydrogen-bond acceptors (Lipinski definition) is 4. The molecule has 1 fully saturated rings. The predicted molar refractivity (Wildman–Crippen MR) is 99.7 cm³/mol. The fourth-order valence-electron chi connectivity index (χ4n) is 2.94. The summed E-state index contributed by atoms with van der Waals surface area (Å²) in [5, 5.41) is 7.00. The molecule has 4 nitrogen and oxygen atoms in total. The van der Waals surface area contributed by atoms with Gasteiger partial charge in [0.1, 0.15) is 5.82 Å². The van der Waals surface area contributed by atoms with E-state index >= 15 is 0 Å². The summed E-state index contributed by atoms with van der Waals surface area (Å²) in [5.74, 6) is -0.150. The third kappa shape index (κ3) is 3.01. The van der Waals surface area contributed by atoms with Gasteiger partial charge in [-0.2, -0.15) is 0 Å². The van der Waals surface area contributed by atoms with Crippen LogP contribution in [0.2, 0.25) is 0 Å². The topological polar surface area (TPSA) is 55.1 Å². The molecule has 1 aliphatic rings. The number of nitrogens with one attached hydrogen (secondary N) is 1. The molecule has 26 heavy (non-hydrogen) atoms. The summed E-state index contributed by atoms with van der Waals surface area (Å²) in [6.07, 6.45) is 3.40. The first-order chi connectivity index (χ1) is 12.6. The van der Waals surface area contributed by atoms with Crippen LogP contribution in [0.1, 0.15) is 18.5 Å². The van der Waals surface area contributed by atoms with Gasteiger partial charge in [-0.25, -0.2) is 4.39 Å². The number of hydrogen-bond donors (Lipinski definition) is 1. The number of benzene rings is 2. The largest absolute Gasteiger partial charge is 0.356 e. The monoisotopic (exact) mass is 368 g/mol. The molecule has 1 heterocycles. The van der Waals surface area contributed by atoms with Crippen molar-refractivity contribution in [2.75, 3.05) is 11.6 Å². The molecule has 1 aliphatic carbocycles. The summed E-state index contributed by atoms with van der Waals surface area (Å²) in [5.41, 5.74) is 0.951. The van der Waals surface area contributed by atoms with Crippen molar-refractivity contribution in [1.29, 1.82) is 0 Å². The normalized spacial score (nSPS) is 14.8. The van der Waals surface area contributed by atoms with Gasteiger partial charge in [0, 0.05) is 16.6 Å². The lowest BCUT2D eigenvalue weighted by Gasteiger charge is -2.12. The molecule has 4 rings (SSSR count). The summed E-state index contributed by atoms with van der Waals surface area (Å²) in [4.78, 5) is 13.9. The number of halogens is 1. The second-order valence-electron chi connectivity index (χ2n) is 6.32. The number of nitrogens with zero attached hydrogens (tertiary/aromatic N) is 1. The summed E-state index contributed by atoms with van der Waals surface area (Å²) in [7, 11) is 0. The third-order valence-corrected chi connectivity index (χ3v) is 5.42. The van der Waals surface area contributed by atoms with E-state index in [9.17, 15) is 9.18 Å². The average molecular weight is 368 g/mol. The van der Waals surface area contributed by atoms with Crippen LogP contribution in [0, 0.1) is 5.82 Å². The minimum absolute atomic E-state index is 0.109. The highest BCUT2D eigenvalue weighted by molar-refractivity contribution is 7.98. The van der Waals surface area contributed by atoms with Crippen molar-refractivity contribution in [3.05, 3.63) is 66.1 Å². The second kappa shape index (κ2) is 6.61. The molecule has 0 radical (unpaired) electrons. The number of rotatable bonds is 5. The highest BCUT2D eigenvalue weighted by Crippen LogP contribution is 2.49. The fourth-order valence-corrected chi connectivity index (χ4v) is 3.35. The minimum Gasteiger partial charge on any atom is -0.356 e. The zero-order chi connectivity index (χ0) is 18.1. The van der Waals surface area contributed by atoms with Gasteiger partial charge < -0.3 is 9.84 Å². The van der Waals surface area contributed by atoms with Gasteiger partial charge in [0.15, 0.2) is 5.76 Å². The van der Waals surface area contributed by atoms with E-state index in [0.29, 0.717) is 29.9 Å². The van der Waals surface area contributed by atoms with Crippen molar-refractivity contribution in [1.82, 2.24) is 5.16 Å². The summed E-state index contributed by atoms with van der Waals surface area (Å²) in [6.45, 7) is 0. The lowest BCUT2D eigenvalue weighted by molar-refractivity contribution is -0.118. The molecule has 1 aromatic heterocycles. The molecular formula is C20H17FN2O2S. The molecule has 0 bridgehead atoms. The van der Waals surface area contributed by atoms with Crippen LogP contribution < -0.4 is 5.32 Å². The zero-order valence-electron chi connectivity index (χ0n) is 14.2. The minimum atomic E-state index is -0.689. The van der Waals surface area contributed by atoms with Crippen LogP contribution in [0.4, 0.5) is 10.1 Å². The first kappa shape index (κ1) is 16.8. The maximum atomic E-state index is 13.9. The van der Waals surface area contributed by atoms with Gasteiger partial charge in [-0.05, 0) is 55.5 Å². The van der Waals surface area contributed by atoms with Gasteiger partial charge >= 0.3 is 0 Å². The highest BCUT2D eigenvalue weighted by atomic mass is 32.2. The lowest BCUT2D eigenvalue weighted by Crippen LogP contribution is -2.28. The molecule has 2 aromatic carbocycles. The Morgan fingerprint density at radius 3 is 2.58 bits per heavy atom. The Labute approximate surface area is 154 Å². The predicted octanol–water partition coefficient (Wildman–Crippen LogP) is 4.87. The number of carbonyl (C=O) groups is 1. The maximum Gasteiger partial charge on any atom is 0.236 e. The zero-order valence-corrected chi connectivity index (χ0v) is 15.0. The first-order valence-electron chi connectivity index (χ1n) is 8.30. The van der Waals surface area contributed by atoms with Crippen LogP contribution in [0.5, 0.6) is 0 Å². The van der Waals surface area contributed by atoms with E-state index in [2.05, 4.69) is 10.5 Å². The van der Waals surface area contributed by atoms with Crippen molar-refractivity contribution in [2.45, 2.75) is 23.2 Å². The smallest absolute Gasteiger partial charge is 0.236 e. The molecule has 132 valence electrons. The van der Waals surface area contributed by atoms with E-state index in [-0.39, 0.29) is 11.7 Å². The molecule has 3 aromatic rings. The molecule has 0 unspecified atom stereocenters. The van der Waals surface area contributed by atoms with E-state index in [1.807, 2.05) is 30.5 Å². The van der Waals surface area contributed by atoms with Gasteiger partial charge in [0.05, 0.1) is 16.7 Å². The highest BCUT2D eigenvalue weighted by Gasteiger charge is 2.53. The number of aromatic nitrogens is 1. The molecule has 0 aliphatic heterocycles. The van der Waals surface area contributed by atoms with Gasteiger partial charge in [-0.3, -0.25) is 4.79 Å². The van der Waals surface area contributed by atoms with Gasteiger partial charge in [0.2, 0.25) is 5.91 Å². The van der Waals surface area contributed by atoms with Crippen molar-refractivity contribution >= 4 is 23.4 Å². The standard InChI is InChI=1S/C20H17FN2O2S/c1-26-14-8-6-13(7-9-14)22-19(24)20(10-11-20)18-12-17(25-23-18)15-4-2-3-5-16(15)21/h2-9,12H,10-11H2,1H3,(H,22,24). The van der Waals surface area contributed by atoms with Crippen molar-refractivity contribution in [3.63, 3.8) is 0 Å². The van der Waals surface area contributed by atoms with Crippen molar-refractivity contribution < 1.29 is 13.7 Å². The molecule has 1 amide bonds. The number of anilines is 1. The Hall–Kier alpha value is -2.60. The van der Waals surface area contributed by atoms with Crippen LogP contribution in [0.15, 0.2) is 64.0 Å². The molecule has 1 N–H and O–H groups in total. The van der Waals surface area contributed by atoms with E-state index in [1.54, 1.807) is 36.0 Å². The van der Waals surface area contributed by atoms with Crippen LogP contribution >= 0.6 is 11.8 Å². The van der Waals surface area contributed by atoms with Crippen LogP contribution in [-0.4, -0.2) is 17.3 Å². The molecule has 0 atom stereocenters. The summed E-state index contributed by atoms with van der Waals surface area (Å²) in [6, 6.07) is 15.7. The van der Waals surface area contributed by atoms with Crippen molar-refractivity contribution in [2.24, 2.45) is 0 Å². The number of thioether (sulfide) groups is 1. The summed E-state index contributed by atoms with van der Waals surface area (Å²) >= 11 is 1.65. The van der Waals surface area contributed by atoms with Gasteiger partial charge in [0.25, 0.3) is 0 Å². The maximum absolute atomic E-state index is 13.9. The Morgan fingerprint density at radius 1 is 1.19 bits per heavy atom. The Bertz CT molecular complexity index is 948. The van der Waals surface area contributed by atoms with E-state index in [1.165, 1.54) is 6.07 Å². The molecule has 1 saturated carbocycles. The van der Waals surface area contributed by atoms with E-state index in [0.717, 1.165) is 10.6 Å². The lowest BCUT2D eigenvalue weighted by atomic mass is 10.00. The number of carbonyl (C=O) groups excluding carboxylic acids is 1. The molecule has 0 saturated heterocycles. The second-order valence-corrected chi connectivity index (χ2v) is 7.20. The van der Waals surface area contributed by atoms with E-state index < -0.39 is 5.41 Å². The summed E-state index contributed by atoms with van der Waals surface area (Å²) < 4.78 is 19.3. The van der Waals surface area contributed by atoms with Gasteiger partial charge in [-0.1, -0.05) is 17.3 Å². The SMILES string of the molecule is CSc1ccc(NC(=O)C2(c3cc(-c4ccccc4F)on3)CC2)cc1. The first-order valence-corrected chi connectivity index (χ1v) is 9.52. The van der Waals surface area contributed by atoms with Gasteiger partial charge in [-0.15, -0.1) is 11.8 Å². The van der Waals surface area contributed by atoms with Crippen molar-refractivity contribution in [3.8, 4) is 11.3 Å². The third-order valence-electron chi connectivity index (χ3n) is 4.67. The molecular weight excluding hydrogens is 351 g/mol. The van der Waals surface area contributed by atoms with Crippen LogP contribution in [-0.2, 0) is 10.2 Å². The molecule has 6 heteroatoms.